The maximum atomic E-state index is 14.3. The van der Waals surface area contributed by atoms with Gasteiger partial charge in [0.1, 0.15) is 0 Å². The maximum Gasteiger partial charge on any atom is 0.226 e. The summed E-state index contributed by atoms with van der Waals surface area (Å²) in [7, 11) is 1.61. The average molecular weight is 450 g/mol. The summed E-state index contributed by atoms with van der Waals surface area (Å²) in [5.74, 6) is -8.05. The van der Waals surface area contributed by atoms with Crippen LogP contribution < -0.4 is 10.1 Å². The Labute approximate surface area is 177 Å². The summed E-state index contributed by atoms with van der Waals surface area (Å²) in [6.07, 6.45) is 0.804. The standard InChI is InChI=1S/C20H24ClF4N3O2/c1-5-12-15(21)13(28(4)27-12)8-14(29)26-9-11-16(22)18(24)20(19(25)17(11)23)30-7-6-10(2)3/h10H,5-9H2,1-4H3,(H,26,29). The van der Waals surface area contributed by atoms with Crippen LogP contribution in [0.5, 0.6) is 5.75 Å². The van der Waals surface area contributed by atoms with Crippen LogP contribution in [0.1, 0.15) is 44.1 Å². The lowest BCUT2D eigenvalue weighted by atomic mass is 10.1. The molecule has 10 heteroatoms. The van der Waals surface area contributed by atoms with Gasteiger partial charge in [-0.25, -0.2) is 8.78 Å². The predicted octanol–water partition coefficient (Wildman–Crippen LogP) is 4.48. The summed E-state index contributed by atoms with van der Waals surface area (Å²) in [4.78, 5) is 12.2. The van der Waals surface area contributed by atoms with Crippen LogP contribution in [0.4, 0.5) is 17.6 Å². The number of carbonyl (C=O) groups is 1. The number of rotatable bonds is 9. The van der Waals surface area contributed by atoms with Gasteiger partial charge >= 0.3 is 0 Å². The second-order valence-corrected chi connectivity index (χ2v) is 7.61. The number of ether oxygens (including phenoxy) is 1. The quantitative estimate of drug-likeness (QED) is 0.454. The van der Waals surface area contributed by atoms with Gasteiger partial charge in [-0.3, -0.25) is 9.48 Å². The third-order valence-electron chi connectivity index (χ3n) is 4.55. The molecule has 1 aromatic carbocycles. The van der Waals surface area contributed by atoms with Crippen molar-refractivity contribution in [1.29, 1.82) is 0 Å². The molecule has 0 saturated carbocycles. The molecular formula is C20H24ClF4N3O2. The highest BCUT2D eigenvalue weighted by Gasteiger charge is 2.27. The Balaban J connectivity index is 2.13. The van der Waals surface area contributed by atoms with E-state index in [1.54, 1.807) is 7.05 Å². The Hall–Kier alpha value is -2.29. The second-order valence-electron chi connectivity index (χ2n) is 7.23. The van der Waals surface area contributed by atoms with Gasteiger partial charge in [0.2, 0.25) is 17.5 Å². The summed E-state index contributed by atoms with van der Waals surface area (Å²) in [5, 5.41) is 6.74. The molecule has 0 unspecified atom stereocenters. The van der Waals surface area contributed by atoms with Crippen molar-refractivity contribution in [3.05, 3.63) is 45.2 Å². The lowest BCUT2D eigenvalue weighted by molar-refractivity contribution is -0.120. The molecule has 2 rings (SSSR count). The first kappa shape index (κ1) is 24.0. The number of aromatic nitrogens is 2. The molecule has 0 aliphatic carbocycles. The molecule has 166 valence electrons. The third-order valence-corrected chi connectivity index (χ3v) is 4.99. The van der Waals surface area contributed by atoms with Gasteiger partial charge in [-0.1, -0.05) is 32.4 Å². The van der Waals surface area contributed by atoms with Crippen molar-refractivity contribution >= 4 is 17.5 Å². The smallest absolute Gasteiger partial charge is 0.226 e. The normalized spacial score (nSPS) is 11.3. The van der Waals surface area contributed by atoms with Crippen molar-refractivity contribution in [2.24, 2.45) is 13.0 Å². The minimum atomic E-state index is -1.64. The van der Waals surface area contributed by atoms with Gasteiger partial charge in [0, 0.05) is 19.2 Å². The average Bonchev–Trinajstić information content (AvgIpc) is 2.96. The highest BCUT2D eigenvalue weighted by Crippen LogP contribution is 2.30. The zero-order valence-electron chi connectivity index (χ0n) is 17.2. The first-order chi connectivity index (χ1) is 14.1. The minimum absolute atomic E-state index is 0.0916. The molecule has 0 saturated heterocycles. The van der Waals surface area contributed by atoms with Gasteiger partial charge < -0.3 is 10.1 Å². The summed E-state index contributed by atoms with van der Waals surface area (Å²) in [6.45, 7) is 4.75. The molecule has 5 nitrogen and oxygen atoms in total. The van der Waals surface area contributed by atoms with E-state index in [-0.39, 0.29) is 18.9 Å². The van der Waals surface area contributed by atoms with Crippen LogP contribution >= 0.6 is 11.6 Å². The molecule has 0 aliphatic rings. The Bertz CT molecular complexity index is 903. The molecule has 1 aromatic heterocycles. The van der Waals surface area contributed by atoms with E-state index in [0.717, 1.165) is 0 Å². The van der Waals surface area contributed by atoms with Crippen molar-refractivity contribution < 1.29 is 27.1 Å². The number of nitrogens with zero attached hydrogens (tertiary/aromatic N) is 2. The van der Waals surface area contributed by atoms with Crippen molar-refractivity contribution in [3.63, 3.8) is 0 Å². The summed E-state index contributed by atoms with van der Waals surface area (Å²) in [5.41, 5.74) is 0.0920. The number of hydrogen-bond acceptors (Lipinski definition) is 3. The lowest BCUT2D eigenvalue weighted by Gasteiger charge is -2.14. The molecular weight excluding hydrogens is 426 g/mol. The van der Waals surface area contributed by atoms with Crippen molar-refractivity contribution in [3.8, 4) is 5.75 Å². The summed E-state index contributed by atoms with van der Waals surface area (Å²) < 4.78 is 63.3. The highest BCUT2D eigenvalue weighted by atomic mass is 35.5. The van der Waals surface area contributed by atoms with Gasteiger partial charge in [-0.2, -0.15) is 13.9 Å². The van der Waals surface area contributed by atoms with Crippen LogP contribution in [0, 0.1) is 29.2 Å². The van der Waals surface area contributed by atoms with E-state index in [1.165, 1.54) is 4.68 Å². The van der Waals surface area contributed by atoms with Crippen molar-refractivity contribution in [2.75, 3.05) is 6.61 Å². The van der Waals surface area contributed by atoms with Gasteiger partial charge in [0.25, 0.3) is 0 Å². The number of hydrogen-bond donors (Lipinski definition) is 1. The highest BCUT2D eigenvalue weighted by molar-refractivity contribution is 6.32. The SMILES string of the molecule is CCc1nn(C)c(CC(=O)NCc2c(F)c(F)c(OCCC(C)C)c(F)c2F)c1Cl. The van der Waals surface area contributed by atoms with Crippen LogP contribution in [0.3, 0.4) is 0 Å². The molecule has 0 atom stereocenters. The zero-order valence-corrected chi connectivity index (χ0v) is 18.0. The Morgan fingerprint density at radius 1 is 1.17 bits per heavy atom. The molecule has 0 fully saturated rings. The molecule has 1 N–H and O–H groups in total. The van der Waals surface area contributed by atoms with Crippen LogP contribution in [-0.2, 0) is 31.2 Å². The topological polar surface area (TPSA) is 56.2 Å². The van der Waals surface area contributed by atoms with Gasteiger partial charge in [-0.15, -0.1) is 0 Å². The van der Waals surface area contributed by atoms with Crippen LogP contribution in [-0.4, -0.2) is 22.3 Å². The fourth-order valence-corrected chi connectivity index (χ4v) is 3.11. The second kappa shape index (κ2) is 10.1. The molecule has 0 spiro atoms. The van der Waals surface area contributed by atoms with E-state index in [4.69, 9.17) is 16.3 Å². The number of amides is 1. The van der Waals surface area contributed by atoms with Gasteiger partial charge in [0.15, 0.2) is 17.4 Å². The molecule has 30 heavy (non-hydrogen) atoms. The van der Waals surface area contributed by atoms with Gasteiger partial charge in [0.05, 0.1) is 29.4 Å². The van der Waals surface area contributed by atoms with Crippen LogP contribution in [0.25, 0.3) is 0 Å². The van der Waals surface area contributed by atoms with Crippen molar-refractivity contribution in [2.45, 2.75) is 46.6 Å². The fraction of sp³-hybridized carbons (Fsp3) is 0.500. The Morgan fingerprint density at radius 2 is 1.77 bits per heavy atom. The van der Waals surface area contributed by atoms with E-state index >= 15 is 0 Å². The zero-order chi connectivity index (χ0) is 22.6. The molecule has 0 aliphatic heterocycles. The monoisotopic (exact) mass is 449 g/mol. The van der Waals surface area contributed by atoms with E-state index < -0.39 is 47.0 Å². The maximum absolute atomic E-state index is 14.3. The fourth-order valence-electron chi connectivity index (χ4n) is 2.75. The number of nitrogens with one attached hydrogen (secondary N) is 1. The lowest BCUT2D eigenvalue weighted by Crippen LogP contribution is -2.27. The van der Waals surface area contributed by atoms with E-state index in [0.29, 0.717) is 29.3 Å². The molecule has 0 radical (unpaired) electrons. The minimum Gasteiger partial charge on any atom is -0.487 e. The largest absolute Gasteiger partial charge is 0.487 e. The molecule has 1 amide bonds. The third kappa shape index (κ3) is 5.24. The van der Waals surface area contributed by atoms with Crippen LogP contribution in [0.15, 0.2) is 0 Å². The summed E-state index contributed by atoms with van der Waals surface area (Å²) >= 11 is 6.17. The molecule has 1 heterocycles. The predicted molar refractivity (Wildman–Crippen MR) is 104 cm³/mol. The Morgan fingerprint density at radius 3 is 2.27 bits per heavy atom. The number of halogens is 5. The molecule has 2 aromatic rings. The Kier molecular flexibility index (Phi) is 8.11. The van der Waals surface area contributed by atoms with Crippen molar-refractivity contribution in [1.82, 2.24) is 15.1 Å². The van der Waals surface area contributed by atoms with E-state index in [1.807, 2.05) is 20.8 Å². The van der Waals surface area contributed by atoms with Gasteiger partial charge in [-0.05, 0) is 18.8 Å². The van der Waals surface area contributed by atoms with E-state index in [9.17, 15) is 22.4 Å². The number of carbonyl (C=O) groups excluding carboxylic acids is 1. The summed E-state index contributed by atoms with van der Waals surface area (Å²) in [6, 6.07) is 0. The number of benzene rings is 1. The van der Waals surface area contributed by atoms with E-state index in [2.05, 4.69) is 10.4 Å². The first-order valence-electron chi connectivity index (χ1n) is 9.52. The van der Waals surface area contributed by atoms with Crippen LogP contribution in [0.2, 0.25) is 5.02 Å². The number of aryl methyl sites for hydroxylation is 2. The first-order valence-corrected chi connectivity index (χ1v) is 9.90. The molecule has 0 bridgehead atoms.